The summed E-state index contributed by atoms with van der Waals surface area (Å²) in [5.41, 5.74) is 1.16. The molecule has 2 unspecified atom stereocenters. The van der Waals surface area contributed by atoms with E-state index in [-0.39, 0.29) is 5.92 Å². The minimum Gasteiger partial charge on any atom is -0.296 e. The smallest absolute Gasteiger partial charge is 0.159 e. The molecule has 0 bridgehead atoms. The average Bonchev–Trinajstić information content (AvgIpc) is 3.32. The minimum absolute atomic E-state index is 0.198. The molecule has 2 atom stereocenters. The molecule has 0 spiro atoms. The molecule has 31 heavy (non-hydrogen) atoms. The molecule has 0 aromatic heterocycles. The first kappa shape index (κ1) is 23.4. The van der Waals surface area contributed by atoms with E-state index in [9.17, 15) is 14.0 Å². The van der Waals surface area contributed by atoms with Crippen molar-refractivity contribution in [2.24, 2.45) is 5.92 Å². The number of benzene rings is 2. The van der Waals surface area contributed by atoms with Gasteiger partial charge in [-0.1, -0.05) is 56.2 Å². The lowest BCUT2D eigenvalue weighted by atomic mass is 9.67. The molecule has 2 aromatic carbocycles. The van der Waals surface area contributed by atoms with Crippen molar-refractivity contribution in [3.05, 3.63) is 71.3 Å². The summed E-state index contributed by atoms with van der Waals surface area (Å²) in [6.07, 6.45) is 6.72. The van der Waals surface area contributed by atoms with E-state index in [0.29, 0.717) is 18.0 Å². The molecule has 1 aliphatic carbocycles. The number of nitrogens with zero attached hydrogens (tertiary/aromatic N) is 2. The standard InChI is InChI=1S/C27H34F2N2/c1-3-17-31(19-22-9-5-4-6-10-22)21(2)15-16-27(20-30,23-11-7-8-12-23)24-13-14-25(28)26(29)18-24/h4-6,9-10,13-14,18,21,23H,3,7-8,11-12,15-17,19H2,1-2H3. The summed E-state index contributed by atoms with van der Waals surface area (Å²) in [4.78, 5) is 2.47. The predicted molar refractivity (Wildman–Crippen MR) is 121 cm³/mol. The summed E-state index contributed by atoms with van der Waals surface area (Å²) < 4.78 is 27.7. The lowest BCUT2D eigenvalue weighted by Crippen LogP contribution is -2.38. The second-order valence-corrected chi connectivity index (χ2v) is 9.04. The molecular weight excluding hydrogens is 390 g/mol. The molecule has 1 saturated carbocycles. The van der Waals surface area contributed by atoms with Crippen molar-refractivity contribution in [3.63, 3.8) is 0 Å². The van der Waals surface area contributed by atoms with Gasteiger partial charge < -0.3 is 0 Å². The van der Waals surface area contributed by atoms with Crippen LogP contribution >= 0.6 is 0 Å². The number of halogens is 2. The molecule has 0 amide bonds. The van der Waals surface area contributed by atoms with Crippen molar-refractivity contribution in [2.45, 2.75) is 76.8 Å². The topological polar surface area (TPSA) is 27.0 Å². The second kappa shape index (κ2) is 10.9. The van der Waals surface area contributed by atoms with Crippen molar-refractivity contribution in [1.29, 1.82) is 5.26 Å². The Bertz CT molecular complexity index is 871. The quantitative estimate of drug-likeness (QED) is 0.411. The Morgan fingerprint density at radius 1 is 1.10 bits per heavy atom. The summed E-state index contributed by atoms with van der Waals surface area (Å²) in [5, 5.41) is 10.4. The van der Waals surface area contributed by atoms with Crippen LogP contribution in [0.4, 0.5) is 8.78 Å². The van der Waals surface area contributed by atoms with Crippen molar-refractivity contribution in [3.8, 4) is 6.07 Å². The number of hydrogen-bond donors (Lipinski definition) is 0. The van der Waals surface area contributed by atoms with Gasteiger partial charge in [0.15, 0.2) is 11.6 Å². The molecular formula is C27H34F2N2. The third kappa shape index (κ3) is 5.52. The second-order valence-electron chi connectivity index (χ2n) is 9.04. The van der Waals surface area contributed by atoms with Gasteiger partial charge in [-0.05, 0) is 74.8 Å². The van der Waals surface area contributed by atoms with Gasteiger partial charge in [-0.25, -0.2) is 8.78 Å². The lowest BCUT2D eigenvalue weighted by Gasteiger charge is -2.36. The first-order chi connectivity index (χ1) is 15.0. The molecule has 0 saturated heterocycles. The van der Waals surface area contributed by atoms with Crippen LogP contribution in [0.3, 0.4) is 0 Å². The van der Waals surface area contributed by atoms with E-state index in [4.69, 9.17) is 0 Å². The molecule has 2 nitrogen and oxygen atoms in total. The fourth-order valence-electron chi connectivity index (χ4n) is 5.17. The fraction of sp³-hybridized carbons (Fsp3) is 0.519. The highest BCUT2D eigenvalue weighted by Crippen LogP contribution is 2.45. The van der Waals surface area contributed by atoms with Crippen LogP contribution in [0, 0.1) is 28.9 Å². The third-order valence-corrected chi connectivity index (χ3v) is 7.01. The van der Waals surface area contributed by atoms with Crippen LogP contribution in [-0.4, -0.2) is 17.5 Å². The molecule has 0 radical (unpaired) electrons. The van der Waals surface area contributed by atoms with Crippen LogP contribution in [0.15, 0.2) is 48.5 Å². The van der Waals surface area contributed by atoms with Gasteiger partial charge >= 0.3 is 0 Å². The van der Waals surface area contributed by atoms with E-state index in [0.717, 1.165) is 51.6 Å². The zero-order valence-electron chi connectivity index (χ0n) is 18.8. The Kier molecular flexibility index (Phi) is 8.21. The Hall–Kier alpha value is -2.25. The Morgan fingerprint density at radius 2 is 1.81 bits per heavy atom. The zero-order valence-corrected chi connectivity index (χ0v) is 18.8. The van der Waals surface area contributed by atoms with Crippen LogP contribution < -0.4 is 0 Å². The number of rotatable bonds is 10. The van der Waals surface area contributed by atoms with E-state index in [1.54, 1.807) is 6.07 Å². The van der Waals surface area contributed by atoms with Gasteiger partial charge in [0.05, 0.1) is 11.5 Å². The maximum atomic E-state index is 14.1. The highest BCUT2D eigenvalue weighted by atomic mass is 19.2. The first-order valence-corrected chi connectivity index (χ1v) is 11.6. The van der Waals surface area contributed by atoms with E-state index >= 15 is 0 Å². The lowest BCUT2D eigenvalue weighted by molar-refractivity contribution is 0.174. The highest BCUT2D eigenvalue weighted by Gasteiger charge is 2.42. The predicted octanol–water partition coefficient (Wildman–Crippen LogP) is 7.00. The minimum atomic E-state index is -0.861. The van der Waals surface area contributed by atoms with E-state index in [1.807, 2.05) is 6.07 Å². The molecule has 166 valence electrons. The highest BCUT2D eigenvalue weighted by molar-refractivity contribution is 5.35. The molecule has 4 heteroatoms. The van der Waals surface area contributed by atoms with Gasteiger partial charge in [0.25, 0.3) is 0 Å². The van der Waals surface area contributed by atoms with Crippen molar-refractivity contribution < 1.29 is 8.78 Å². The van der Waals surface area contributed by atoms with E-state index < -0.39 is 17.0 Å². The van der Waals surface area contributed by atoms with Gasteiger partial charge in [0.1, 0.15) is 0 Å². The average molecular weight is 425 g/mol. The van der Waals surface area contributed by atoms with Gasteiger partial charge in [0, 0.05) is 12.6 Å². The number of nitriles is 1. The Morgan fingerprint density at radius 3 is 2.42 bits per heavy atom. The summed E-state index contributed by atoms with van der Waals surface area (Å²) in [5.74, 6) is -1.52. The third-order valence-electron chi connectivity index (χ3n) is 7.01. The van der Waals surface area contributed by atoms with Crippen molar-refractivity contribution >= 4 is 0 Å². The molecule has 2 aromatic rings. The van der Waals surface area contributed by atoms with Crippen LogP contribution in [0.5, 0.6) is 0 Å². The van der Waals surface area contributed by atoms with Crippen molar-refractivity contribution in [1.82, 2.24) is 4.90 Å². The largest absolute Gasteiger partial charge is 0.296 e. The normalized spacial score (nSPS) is 17.4. The van der Waals surface area contributed by atoms with Crippen molar-refractivity contribution in [2.75, 3.05) is 6.54 Å². The SMILES string of the molecule is CCCN(Cc1ccccc1)C(C)CCC(C#N)(c1ccc(F)c(F)c1)C1CCCC1. The number of hydrogen-bond acceptors (Lipinski definition) is 2. The summed E-state index contributed by atoms with van der Waals surface area (Å²) in [6, 6.07) is 17.4. The fourth-order valence-corrected chi connectivity index (χ4v) is 5.17. The molecule has 1 fully saturated rings. The Labute approximate surface area is 185 Å². The summed E-state index contributed by atoms with van der Waals surface area (Å²) in [6.45, 7) is 6.28. The van der Waals surface area contributed by atoms with Crippen LogP contribution in [-0.2, 0) is 12.0 Å². The molecule has 3 rings (SSSR count). The molecule has 0 heterocycles. The van der Waals surface area contributed by atoms with Crippen LogP contribution in [0.25, 0.3) is 0 Å². The van der Waals surface area contributed by atoms with Gasteiger partial charge in [-0.15, -0.1) is 0 Å². The maximum absolute atomic E-state index is 14.1. The van der Waals surface area contributed by atoms with Gasteiger partial charge in [-0.3, -0.25) is 4.90 Å². The first-order valence-electron chi connectivity index (χ1n) is 11.6. The molecule has 0 aliphatic heterocycles. The van der Waals surface area contributed by atoms with Crippen LogP contribution in [0.2, 0.25) is 0 Å². The van der Waals surface area contributed by atoms with Crippen LogP contribution in [0.1, 0.15) is 69.9 Å². The monoisotopic (exact) mass is 424 g/mol. The Balaban J connectivity index is 1.81. The maximum Gasteiger partial charge on any atom is 0.159 e. The molecule has 1 aliphatic rings. The molecule has 0 N–H and O–H groups in total. The van der Waals surface area contributed by atoms with E-state index in [1.165, 1.54) is 17.7 Å². The van der Waals surface area contributed by atoms with Gasteiger partial charge in [-0.2, -0.15) is 5.26 Å². The summed E-state index contributed by atoms with van der Waals surface area (Å²) in [7, 11) is 0. The van der Waals surface area contributed by atoms with E-state index in [2.05, 4.69) is 49.1 Å². The van der Waals surface area contributed by atoms with Gasteiger partial charge in [0.2, 0.25) is 0 Å². The summed E-state index contributed by atoms with van der Waals surface area (Å²) >= 11 is 0. The zero-order chi connectivity index (χ0) is 22.3.